The molecule has 1 amide bonds. The smallest absolute Gasteiger partial charge is 0.253 e. The number of rotatable bonds is 5. The fraction of sp³-hybridized carbons (Fsp3) is 0.227. The van der Waals surface area contributed by atoms with E-state index in [0.717, 1.165) is 18.7 Å². The van der Waals surface area contributed by atoms with Crippen LogP contribution in [0, 0.1) is 10.6 Å². The van der Waals surface area contributed by atoms with Gasteiger partial charge in [0.25, 0.3) is 5.91 Å². The zero-order chi connectivity index (χ0) is 20.9. The molecule has 30 heavy (non-hydrogen) atoms. The van der Waals surface area contributed by atoms with Gasteiger partial charge in [-0.3, -0.25) is 14.8 Å². The minimum Gasteiger partial charge on any atom is -0.336 e. The first-order valence-electron chi connectivity index (χ1n) is 9.76. The molecule has 1 fully saturated rings. The highest BCUT2D eigenvalue weighted by molar-refractivity contribution is 7.71. The van der Waals surface area contributed by atoms with Gasteiger partial charge in [0.15, 0.2) is 0 Å². The van der Waals surface area contributed by atoms with E-state index >= 15 is 0 Å². The molecule has 1 N–H and O–H groups in total. The highest BCUT2D eigenvalue weighted by Crippen LogP contribution is 2.11. The van der Waals surface area contributed by atoms with Crippen molar-refractivity contribution in [3.05, 3.63) is 82.1 Å². The van der Waals surface area contributed by atoms with Crippen molar-refractivity contribution in [3.8, 4) is 0 Å². The summed E-state index contributed by atoms with van der Waals surface area (Å²) in [6.07, 6.45) is 3.89. The van der Waals surface area contributed by atoms with Crippen LogP contribution in [0.4, 0.5) is 4.39 Å². The molecule has 0 unspecified atom stereocenters. The van der Waals surface area contributed by atoms with E-state index < -0.39 is 0 Å². The first-order valence-corrected chi connectivity index (χ1v) is 10.2. The summed E-state index contributed by atoms with van der Waals surface area (Å²) in [5, 5.41) is 3.22. The Hall–Kier alpha value is -3.10. The molecule has 0 saturated carbocycles. The van der Waals surface area contributed by atoms with Crippen molar-refractivity contribution in [2.75, 3.05) is 26.2 Å². The molecule has 1 aromatic heterocycles. The lowest BCUT2D eigenvalue weighted by Gasteiger charge is -2.34. The van der Waals surface area contributed by atoms with E-state index in [1.165, 1.54) is 24.3 Å². The van der Waals surface area contributed by atoms with E-state index in [1.807, 2.05) is 47.2 Å². The molecule has 8 heteroatoms. The van der Waals surface area contributed by atoms with Crippen molar-refractivity contribution in [1.29, 1.82) is 0 Å². The van der Waals surface area contributed by atoms with Gasteiger partial charge in [0.1, 0.15) is 11.6 Å². The van der Waals surface area contributed by atoms with Gasteiger partial charge in [0, 0.05) is 31.7 Å². The minimum absolute atomic E-state index is 0.0684. The number of carbonyl (C=O) groups is 1. The van der Waals surface area contributed by atoms with E-state index in [1.54, 1.807) is 4.90 Å². The third-order valence-corrected chi connectivity index (χ3v) is 5.33. The van der Waals surface area contributed by atoms with Gasteiger partial charge in [-0.1, -0.05) is 36.4 Å². The Kier molecular flexibility index (Phi) is 6.15. The summed E-state index contributed by atoms with van der Waals surface area (Å²) in [7, 11) is 0. The van der Waals surface area contributed by atoms with Crippen molar-refractivity contribution in [2.45, 2.75) is 6.67 Å². The second kappa shape index (κ2) is 9.15. The molecular weight excluding hydrogens is 401 g/mol. The Labute approximate surface area is 179 Å². The van der Waals surface area contributed by atoms with Gasteiger partial charge in [0.2, 0.25) is 4.77 Å². The Morgan fingerprint density at radius 2 is 1.73 bits per heavy atom. The van der Waals surface area contributed by atoms with Crippen LogP contribution < -0.4 is 0 Å². The van der Waals surface area contributed by atoms with Crippen LogP contribution in [-0.4, -0.2) is 56.7 Å². The molecule has 0 aliphatic carbocycles. The standard InChI is InChI=1S/C22H22FN5OS/c23-19-9-7-18(8-10-19)21(29)27-14-12-26(13-15-27)16-28-22(30)24-20(25-28)11-6-17-4-2-1-3-5-17/h1-11H,12-16H2,(H,24,25,30)/b11-6+. The van der Waals surface area contributed by atoms with E-state index in [9.17, 15) is 9.18 Å². The maximum atomic E-state index is 13.1. The Morgan fingerprint density at radius 3 is 2.43 bits per heavy atom. The fourth-order valence-electron chi connectivity index (χ4n) is 3.35. The van der Waals surface area contributed by atoms with Crippen LogP contribution in [0.2, 0.25) is 0 Å². The number of hydrogen-bond acceptors (Lipinski definition) is 4. The molecule has 154 valence electrons. The van der Waals surface area contributed by atoms with Gasteiger partial charge in [-0.25, -0.2) is 9.07 Å². The molecule has 4 rings (SSSR count). The number of hydrogen-bond donors (Lipinski definition) is 1. The molecule has 6 nitrogen and oxygen atoms in total. The number of nitrogens with zero attached hydrogens (tertiary/aromatic N) is 4. The molecule has 2 aromatic carbocycles. The van der Waals surface area contributed by atoms with Crippen molar-refractivity contribution in [2.24, 2.45) is 0 Å². The zero-order valence-corrected chi connectivity index (χ0v) is 17.2. The van der Waals surface area contributed by atoms with Crippen molar-refractivity contribution in [1.82, 2.24) is 24.6 Å². The SMILES string of the molecule is O=C(c1ccc(F)cc1)N1CCN(Cn2[nH]c(/C=C/c3ccccc3)nc2=S)CC1. The zero-order valence-electron chi connectivity index (χ0n) is 16.4. The van der Waals surface area contributed by atoms with Gasteiger partial charge in [0.05, 0.1) is 6.67 Å². The molecule has 0 radical (unpaired) electrons. The number of nitrogens with one attached hydrogen (secondary N) is 1. The summed E-state index contributed by atoms with van der Waals surface area (Å²) in [6, 6.07) is 15.7. The Bertz CT molecular complexity index is 1080. The monoisotopic (exact) mass is 423 g/mol. The van der Waals surface area contributed by atoms with E-state index in [4.69, 9.17) is 12.2 Å². The third kappa shape index (κ3) is 4.90. The second-order valence-electron chi connectivity index (χ2n) is 7.12. The number of aromatic nitrogens is 3. The number of carbonyl (C=O) groups excluding carboxylic acids is 1. The molecule has 0 bridgehead atoms. The van der Waals surface area contributed by atoms with Crippen LogP contribution in [-0.2, 0) is 6.67 Å². The van der Waals surface area contributed by atoms with Crippen LogP contribution in [0.1, 0.15) is 21.7 Å². The minimum atomic E-state index is -0.342. The summed E-state index contributed by atoms with van der Waals surface area (Å²) in [5.41, 5.74) is 1.60. The predicted octanol–water partition coefficient (Wildman–Crippen LogP) is 3.67. The maximum absolute atomic E-state index is 13.1. The Morgan fingerprint density at radius 1 is 1.03 bits per heavy atom. The average Bonchev–Trinajstić information content (AvgIpc) is 3.13. The van der Waals surface area contributed by atoms with E-state index in [0.29, 0.717) is 35.9 Å². The van der Waals surface area contributed by atoms with Crippen LogP contribution in [0.25, 0.3) is 12.2 Å². The van der Waals surface area contributed by atoms with Crippen LogP contribution in [0.15, 0.2) is 54.6 Å². The molecule has 0 spiro atoms. The first kappa shape index (κ1) is 20.2. The number of halogens is 1. The molecule has 3 aromatic rings. The number of amides is 1. The van der Waals surface area contributed by atoms with Gasteiger partial charge in [-0.2, -0.15) is 4.98 Å². The number of aromatic amines is 1. The maximum Gasteiger partial charge on any atom is 0.253 e. The number of benzene rings is 2. The summed E-state index contributed by atoms with van der Waals surface area (Å²) >= 11 is 5.38. The lowest BCUT2D eigenvalue weighted by molar-refractivity contribution is 0.0585. The molecule has 1 aliphatic rings. The first-order chi connectivity index (χ1) is 14.6. The quantitative estimate of drug-likeness (QED) is 0.637. The van der Waals surface area contributed by atoms with Crippen molar-refractivity contribution >= 4 is 30.3 Å². The third-order valence-electron chi connectivity index (χ3n) is 5.02. The summed E-state index contributed by atoms with van der Waals surface area (Å²) in [4.78, 5) is 21.0. The number of H-pyrrole nitrogens is 1. The van der Waals surface area contributed by atoms with Crippen LogP contribution in [0.3, 0.4) is 0 Å². The Balaban J connectivity index is 1.33. The average molecular weight is 424 g/mol. The van der Waals surface area contributed by atoms with E-state index in [-0.39, 0.29) is 11.7 Å². The van der Waals surface area contributed by atoms with Crippen molar-refractivity contribution < 1.29 is 9.18 Å². The van der Waals surface area contributed by atoms with Crippen molar-refractivity contribution in [3.63, 3.8) is 0 Å². The molecule has 0 atom stereocenters. The summed E-state index contributed by atoms with van der Waals surface area (Å²) in [6.45, 7) is 3.26. The molecule has 1 aliphatic heterocycles. The van der Waals surface area contributed by atoms with Gasteiger partial charge >= 0.3 is 0 Å². The lowest BCUT2D eigenvalue weighted by Crippen LogP contribution is -2.49. The number of piperazine rings is 1. The summed E-state index contributed by atoms with van der Waals surface area (Å²) in [5.74, 6) is 0.292. The fourth-order valence-corrected chi connectivity index (χ4v) is 3.55. The molecule has 2 heterocycles. The van der Waals surface area contributed by atoms with E-state index in [2.05, 4.69) is 15.0 Å². The summed E-state index contributed by atoms with van der Waals surface area (Å²) < 4.78 is 15.4. The lowest BCUT2D eigenvalue weighted by atomic mass is 10.2. The molecule has 1 saturated heterocycles. The topological polar surface area (TPSA) is 57.2 Å². The van der Waals surface area contributed by atoms with Gasteiger partial charge in [-0.05, 0) is 48.1 Å². The van der Waals surface area contributed by atoms with Crippen LogP contribution >= 0.6 is 12.2 Å². The normalized spacial score (nSPS) is 15.0. The van der Waals surface area contributed by atoms with Gasteiger partial charge < -0.3 is 4.90 Å². The highest BCUT2D eigenvalue weighted by atomic mass is 32.1. The van der Waals surface area contributed by atoms with Gasteiger partial charge in [-0.15, -0.1) is 0 Å². The van der Waals surface area contributed by atoms with Crippen LogP contribution in [0.5, 0.6) is 0 Å². The second-order valence-corrected chi connectivity index (χ2v) is 7.49. The highest BCUT2D eigenvalue weighted by Gasteiger charge is 2.22. The largest absolute Gasteiger partial charge is 0.336 e. The molecular formula is C22H22FN5OS. The predicted molar refractivity (Wildman–Crippen MR) is 117 cm³/mol.